The molecular formula is C13H25NO3S. The molecule has 0 amide bonds. The lowest BCUT2D eigenvalue weighted by Gasteiger charge is -2.56. The van der Waals surface area contributed by atoms with Crippen LogP contribution in [0.1, 0.15) is 47.0 Å². The molecule has 1 atom stereocenters. The van der Waals surface area contributed by atoms with Crippen LogP contribution in [0.25, 0.3) is 0 Å². The Morgan fingerprint density at radius 2 is 1.83 bits per heavy atom. The predicted octanol–water partition coefficient (Wildman–Crippen LogP) is 1.71. The lowest BCUT2D eigenvalue weighted by molar-refractivity contribution is -0.244. The van der Waals surface area contributed by atoms with Crippen molar-refractivity contribution in [2.75, 3.05) is 18.1 Å². The summed E-state index contributed by atoms with van der Waals surface area (Å²) in [6.07, 6.45) is 2.41. The van der Waals surface area contributed by atoms with Gasteiger partial charge in [-0.25, -0.2) is 8.42 Å². The first kappa shape index (κ1) is 14.3. The molecule has 1 N–H and O–H groups in total. The van der Waals surface area contributed by atoms with Crippen molar-refractivity contribution in [3.8, 4) is 0 Å². The number of rotatable bonds is 2. The molecule has 0 saturated carbocycles. The van der Waals surface area contributed by atoms with Gasteiger partial charge in [0.05, 0.1) is 17.1 Å². The van der Waals surface area contributed by atoms with E-state index in [4.69, 9.17) is 4.74 Å². The molecule has 4 nitrogen and oxygen atoms in total. The Morgan fingerprint density at radius 1 is 1.22 bits per heavy atom. The quantitative estimate of drug-likeness (QED) is 0.833. The van der Waals surface area contributed by atoms with Crippen LogP contribution in [0.5, 0.6) is 0 Å². The minimum atomic E-state index is -2.95. The van der Waals surface area contributed by atoms with Crippen LogP contribution in [0, 0.1) is 5.41 Å². The molecule has 2 rings (SSSR count). The highest BCUT2D eigenvalue weighted by atomic mass is 32.2. The van der Waals surface area contributed by atoms with E-state index in [1.165, 1.54) is 0 Å². The summed E-state index contributed by atoms with van der Waals surface area (Å²) < 4.78 is 29.8. The zero-order valence-corrected chi connectivity index (χ0v) is 12.7. The zero-order valence-electron chi connectivity index (χ0n) is 11.9. The summed E-state index contributed by atoms with van der Waals surface area (Å²) in [5, 5.41) is 3.36. The van der Waals surface area contributed by atoms with Crippen molar-refractivity contribution in [2.24, 2.45) is 5.41 Å². The van der Waals surface area contributed by atoms with Crippen molar-refractivity contribution >= 4 is 9.84 Å². The van der Waals surface area contributed by atoms with Crippen LogP contribution in [-0.2, 0) is 14.6 Å². The van der Waals surface area contributed by atoms with Crippen LogP contribution in [0.4, 0.5) is 0 Å². The largest absolute Gasteiger partial charge is 0.352 e. The van der Waals surface area contributed by atoms with E-state index in [1.54, 1.807) is 0 Å². The van der Waals surface area contributed by atoms with Gasteiger partial charge in [0.25, 0.3) is 0 Å². The molecule has 2 aliphatic heterocycles. The maximum absolute atomic E-state index is 11.7. The fourth-order valence-corrected chi connectivity index (χ4v) is 5.28. The van der Waals surface area contributed by atoms with E-state index in [9.17, 15) is 8.42 Å². The Kier molecular flexibility index (Phi) is 3.32. The third kappa shape index (κ3) is 2.10. The molecule has 18 heavy (non-hydrogen) atoms. The summed E-state index contributed by atoms with van der Waals surface area (Å²) in [4.78, 5) is 0. The molecule has 5 heteroatoms. The van der Waals surface area contributed by atoms with Crippen LogP contribution in [0.3, 0.4) is 0 Å². The Labute approximate surface area is 110 Å². The first-order chi connectivity index (χ1) is 8.20. The average Bonchev–Trinajstić information content (AvgIpc) is 2.59. The predicted molar refractivity (Wildman–Crippen MR) is 72.2 cm³/mol. The molecule has 1 spiro atoms. The molecule has 0 aromatic rings. The Morgan fingerprint density at radius 3 is 2.28 bits per heavy atom. The maximum Gasteiger partial charge on any atom is 0.154 e. The van der Waals surface area contributed by atoms with Crippen LogP contribution < -0.4 is 5.32 Å². The third-order valence-electron chi connectivity index (χ3n) is 4.89. The van der Waals surface area contributed by atoms with Gasteiger partial charge >= 0.3 is 0 Å². The summed E-state index contributed by atoms with van der Waals surface area (Å²) in [5.74, 6) is 0.363. The Balaban J connectivity index is 2.31. The lowest BCUT2D eigenvalue weighted by Crippen LogP contribution is -2.67. The van der Waals surface area contributed by atoms with Gasteiger partial charge in [-0.15, -0.1) is 0 Å². The number of sulfone groups is 1. The second kappa shape index (κ2) is 4.18. The molecule has 2 heterocycles. The van der Waals surface area contributed by atoms with Crippen molar-refractivity contribution in [3.05, 3.63) is 0 Å². The minimum absolute atomic E-state index is 0.0219. The highest BCUT2D eigenvalue weighted by molar-refractivity contribution is 7.91. The normalized spacial score (nSPS) is 36.9. The summed E-state index contributed by atoms with van der Waals surface area (Å²) >= 11 is 0. The number of ether oxygens (including phenoxy) is 1. The van der Waals surface area contributed by atoms with Gasteiger partial charge in [0.1, 0.15) is 5.72 Å². The SMILES string of the molecule is CCC1(CC)OC2(CCS(=O)(=O)C2)NCC1(C)C. The first-order valence-corrected chi connectivity index (χ1v) is 8.68. The van der Waals surface area contributed by atoms with E-state index in [0.29, 0.717) is 6.42 Å². The van der Waals surface area contributed by atoms with Crippen LogP contribution in [0.15, 0.2) is 0 Å². The second-order valence-electron chi connectivity index (χ2n) is 6.38. The van der Waals surface area contributed by atoms with Gasteiger partial charge in [0.15, 0.2) is 9.84 Å². The molecule has 1 unspecified atom stereocenters. The summed E-state index contributed by atoms with van der Waals surface area (Å²) in [5.41, 5.74) is -0.841. The van der Waals surface area contributed by atoms with Gasteiger partial charge < -0.3 is 4.74 Å². The van der Waals surface area contributed by atoms with E-state index in [0.717, 1.165) is 19.4 Å². The lowest BCUT2D eigenvalue weighted by atomic mass is 9.69. The highest BCUT2D eigenvalue weighted by Gasteiger charge is 2.56. The van der Waals surface area contributed by atoms with Gasteiger partial charge in [0, 0.05) is 18.4 Å². The van der Waals surface area contributed by atoms with Crippen molar-refractivity contribution in [3.63, 3.8) is 0 Å². The number of hydrogen-bond acceptors (Lipinski definition) is 4. The molecule has 0 bridgehead atoms. The summed E-state index contributed by atoms with van der Waals surface area (Å²) in [7, 11) is -2.95. The highest BCUT2D eigenvalue weighted by Crippen LogP contribution is 2.47. The molecule has 2 fully saturated rings. The number of nitrogens with one attached hydrogen (secondary N) is 1. The van der Waals surface area contributed by atoms with Crippen molar-refractivity contribution in [2.45, 2.75) is 58.3 Å². The Hall–Kier alpha value is -0.130. The first-order valence-electron chi connectivity index (χ1n) is 6.85. The van der Waals surface area contributed by atoms with Gasteiger partial charge in [0.2, 0.25) is 0 Å². The summed E-state index contributed by atoms with van der Waals surface area (Å²) in [6.45, 7) is 9.47. The van der Waals surface area contributed by atoms with Gasteiger partial charge in [-0.1, -0.05) is 27.7 Å². The molecule has 2 aliphatic rings. The van der Waals surface area contributed by atoms with E-state index < -0.39 is 15.6 Å². The maximum atomic E-state index is 11.7. The standard InChI is InChI=1S/C13H25NO3S/c1-5-12(6-2)11(3,4)9-14-13(17-12)7-8-18(15,16)10-13/h14H,5-10H2,1-4H3. The zero-order chi connectivity index (χ0) is 13.7. The molecular weight excluding hydrogens is 250 g/mol. The van der Waals surface area contributed by atoms with E-state index in [2.05, 4.69) is 33.0 Å². The van der Waals surface area contributed by atoms with Crippen molar-refractivity contribution < 1.29 is 13.2 Å². The van der Waals surface area contributed by atoms with Crippen molar-refractivity contribution in [1.29, 1.82) is 0 Å². The minimum Gasteiger partial charge on any atom is -0.352 e. The topological polar surface area (TPSA) is 55.4 Å². The van der Waals surface area contributed by atoms with E-state index >= 15 is 0 Å². The molecule has 0 aromatic heterocycles. The van der Waals surface area contributed by atoms with E-state index in [-0.39, 0.29) is 22.5 Å². The van der Waals surface area contributed by atoms with Crippen LogP contribution in [-0.4, -0.2) is 37.8 Å². The molecule has 0 aliphatic carbocycles. The van der Waals surface area contributed by atoms with Crippen LogP contribution >= 0.6 is 0 Å². The molecule has 2 saturated heterocycles. The second-order valence-corrected chi connectivity index (χ2v) is 8.56. The monoisotopic (exact) mass is 275 g/mol. The average molecular weight is 275 g/mol. The number of hydrogen-bond donors (Lipinski definition) is 1. The van der Waals surface area contributed by atoms with E-state index in [1.807, 2.05) is 0 Å². The fourth-order valence-electron chi connectivity index (χ4n) is 3.48. The Bertz CT molecular complexity index is 426. The van der Waals surface area contributed by atoms with Gasteiger partial charge in [-0.2, -0.15) is 0 Å². The smallest absolute Gasteiger partial charge is 0.154 e. The molecule has 106 valence electrons. The molecule has 0 radical (unpaired) electrons. The third-order valence-corrected chi connectivity index (χ3v) is 6.62. The fraction of sp³-hybridized carbons (Fsp3) is 1.00. The molecule has 0 aromatic carbocycles. The van der Waals surface area contributed by atoms with Crippen molar-refractivity contribution in [1.82, 2.24) is 5.32 Å². The van der Waals surface area contributed by atoms with Crippen LogP contribution in [0.2, 0.25) is 0 Å². The van der Waals surface area contributed by atoms with Gasteiger partial charge in [-0.3, -0.25) is 5.32 Å². The summed E-state index contributed by atoms with van der Waals surface area (Å²) in [6, 6.07) is 0. The van der Waals surface area contributed by atoms with Gasteiger partial charge in [-0.05, 0) is 12.8 Å².